The highest BCUT2D eigenvalue weighted by Crippen LogP contribution is 2.12. The number of rotatable bonds is 7. The van der Waals surface area contributed by atoms with E-state index >= 15 is 0 Å². The van der Waals surface area contributed by atoms with Crippen LogP contribution in [0.15, 0.2) is 0 Å². The van der Waals surface area contributed by atoms with Crippen LogP contribution < -0.4 is 0 Å². The summed E-state index contributed by atoms with van der Waals surface area (Å²) in [5, 5.41) is 21.0. The highest BCUT2D eigenvalue weighted by atomic mass is 16.6. The molecule has 0 aromatic carbocycles. The summed E-state index contributed by atoms with van der Waals surface area (Å²) in [5.41, 5.74) is 0. The fourth-order valence-corrected chi connectivity index (χ4v) is 1.26. The molecule has 0 aliphatic rings. The topological polar surface area (TPSA) is 86.3 Å². The lowest BCUT2D eigenvalue weighted by atomic mass is 10.0. The molecule has 0 saturated heterocycles. The second-order valence-corrected chi connectivity index (χ2v) is 3.17. The first-order chi connectivity index (χ1) is 6.52. The Hall–Kier alpha value is -1.20. The third-order valence-electron chi connectivity index (χ3n) is 2.12. The van der Waals surface area contributed by atoms with Crippen LogP contribution in [0.25, 0.3) is 0 Å². The van der Waals surface area contributed by atoms with Gasteiger partial charge in [-0.1, -0.05) is 13.8 Å². The maximum absolute atomic E-state index is 10.5. The summed E-state index contributed by atoms with van der Waals surface area (Å²) in [4.78, 5) is 20.1. The molecule has 2 unspecified atom stereocenters. The van der Waals surface area contributed by atoms with Gasteiger partial charge in [-0.05, 0) is 6.42 Å². The van der Waals surface area contributed by atoms with Gasteiger partial charge in [-0.15, -0.1) is 0 Å². The molecule has 6 nitrogen and oxygen atoms in total. The Morgan fingerprint density at radius 3 is 2.00 bits per heavy atom. The van der Waals surface area contributed by atoms with Crippen molar-refractivity contribution in [1.29, 1.82) is 0 Å². The molecule has 0 aliphatic carbocycles. The van der Waals surface area contributed by atoms with Crippen molar-refractivity contribution in [1.82, 2.24) is 0 Å². The second-order valence-electron chi connectivity index (χ2n) is 3.17. The van der Waals surface area contributed by atoms with Crippen LogP contribution in [0.5, 0.6) is 0 Å². The van der Waals surface area contributed by atoms with Crippen molar-refractivity contribution in [2.75, 3.05) is 0 Å². The Labute approximate surface area is 82.6 Å². The first-order valence-electron chi connectivity index (χ1n) is 4.57. The molecule has 0 bridgehead atoms. The molecule has 2 atom stereocenters. The molecule has 0 aromatic rings. The molecule has 1 radical (unpaired) electrons. The van der Waals surface area contributed by atoms with Crippen LogP contribution in [0.2, 0.25) is 0 Å². The van der Waals surface area contributed by atoms with Gasteiger partial charge in [-0.3, -0.25) is 20.2 Å². The van der Waals surface area contributed by atoms with Crippen LogP contribution >= 0.6 is 0 Å². The summed E-state index contributed by atoms with van der Waals surface area (Å²) in [6.45, 7) is 3.38. The van der Waals surface area contributed by atoms with Crippen molar-refractivity contribution in [3.8, 4) is 0 Å². The zero-order valence-electron chi connectivity index (χ0n) is 8.38. The Bertz CT molecular complexity index is 208. The number of hydrogen-bond donors (Lipinski definition) is 0. The maximum atomic E-state index is 10.5. The summed E-state index contributed by atoms with van der Waals surface area (Å²) in [7, 11) is 0. The van der Waals surface area contributed by atoms with E-state index in [1.54, 1.807) is 20.3 Å². The van der Waals surface area contributed by atoms with E-state index in [0.29, 0.717) is 6.42 Å². The SMILES string of the molecule is C[CH]CC(CC(CC)[N+](=O)[O-])[N+](=O)[O-]. The van der Waals surface area contributed by atoms with Gasteiger partial charge in [-0.2, -0.15) is 0 Å². The second kappa shape index (κ2) is 6.28. The minimum absolute atomic E-state index is 0.0147. The Kier molecular flexibility index (Phi) is 5.74. The summed E-state index contributed by atoms with van der Waals surface area (Å²) < 4.78 is 0. The molecule has 0 N–H and O–H groups in total. The van der Waals surface area contributed by atoms with E-state index < -0.39 is 21.9 Å². The van der Waals surface area contributed by atoms with Crippen LogP contribution in [-0.4, -0.2) is 21.9 Å². The summed E-state index contributed by atoms with van der Waals surface area (Å²) in [6.07, 6.45) is 2.30. The van der Waals surface area contributed by atoms with Gasteiger partial charge >= 0.3 is 0 Å². The standard InChI is InChI=1S/C8H15N2O4/c1-3-5-8(10(13)14)6-7(4-2)9(11)12/h3,7-8H,4-6H2,1-2H3. The predicted molar refractivity (Wildman–Crippen MR) is 51.1 cm³/mol. The lowest BCUT2D eigenvalue weighted by Gasteiger charge is -2.10. The molecular formula is C8H15N2O4. The quantitative estimate of drug-likeness (QED) is 0.465. The average molecular weight is 203 g/mol. The molecule has 0 saturated carbocycles. The molecule has 81 valence electrons. The molecule has 0 fully saturated rings. The van der Waals surface area contributed by atoms with Gasteiger partial charge in [-0.25, -0.2) is 0 Å². The van der Waals surface area contributed by atoms with Crippen molar-refractivity contribution >= 4 is 0 Å². The van der Waals surface area contributed by atoms with E-state index in [-0.39, 0.29) is 12.8 Å². The molecule has 0 heterocycles. The molecule has 0 aromatic heterocycles. The third kappa shape index (κ3) is 4.15. The lowest BCUT2D eigenvalue weighted by Crippen LogP contribution is -2.29. The number of nitrogens with zero attached hydrogens (tertiary/aromatic N) is 2. The lowest BCUT2D eigenvalue weighted by molar-refractivity contribution is -0.560. The number of nitro groups is 2. The van der Waals surface area contributed by atoms with Gasteiger partial charge < -0.3 is 0 Å². The van der Waals surface area contributed by atoms with E-state index in [2.05, 4.69) is 0 Å². The van der Waals surface area contributed by atoms with Crippen molar-refractivity contribution in [2.24, 2.45) is 0 Å². The smallest absolute Gasteiger partial charge is 0.220 e. The minimum atomic E-state index is -0.824. The monoisotopic (exact) mass is 203 g/mol. The van der Waals surface area contributed by atoms with Crippen LogP contribution in [0.1, 0.15) is 33.1 Å². The van der Waals surface area contributed by atoms with Gasteiger partial charge in [0.05, 0.1) is 6.42 Å². The third-order valence-corrected chi connectivity index (χ3v) is 2.12. The Morgan fingerprint density at radius 1 is 1.21 bits per heavy atom. The fraction of sp³-hybridized carbons (Fsp3) is 0.875. The van der Waals surface area contributed by atoms with E-state index in [4.69, 9.17) is 0 Å². The Balaban J connectivity index is 4.25. The molecule has 0 rings (SSSR count). The molecule has 0 spiro atoms. The van der Waals surface area contributed by atoms with Gasteiger partial charge in [0.1, 0.15) is 0 Å². The molecule has 14 heavy (non-hydrogen) atoms. The van der Waals surface area contributed by atoms with Crippen LogP contribution in [0, 0.1) is 26.6 Å². The van der Waals surface area contributed by atoms with Crippen molar-refractivity contribution < 1.29 is 9.85 Å². The molecule has 0 aliphatic heterocycles. The minimum Gasteiger partial charge on any atom is -0.264 e. The zero-order chi connectivity index (χ0) is 11.1. The van der Waals surface area contributed by atoms with E-state index in [1.807, 2.05) is 0 Å². The molecular weight excluding hydrogens is 188 g/mol. The van der Waals surface area contributed by atoms with Crippen molar-refractivity contribution in [2.45, 2.75) is 45.2 Å². The fourth-order valence-electron chi connectivity index (χ4n) is 1.26. The predicted octanol–water partition coefficient (Wildman–Crippen LogP) is 1.69. The molecule has 0 amide bonds. The van der Waals surface area contributed by atoms with Gasteiger partial charge in [0.25, 0.3) is 0 Å². The maximum Gasteiger partial charge on any atom is 0.220 e. The highest BCUT2D eigenvalue weighted by Gasteiger charge is 2.29. The molecule has 6 heteroatoms. The van der Waals surface area contributed by atoms with E-state index in [1.165, 1.54) is 0 Å². The summed E-state index contributed by atoms with van der Waals surface area (Å²) >= 11 is 0. The van der Waals surface area contributed by atoms with Gasteiger partial charge in [0.2, 0.25) is 12.1 Å². The largest absolute Gasteiger partial charge is 0.264 e. The summed E-state index contributed by atoms with van der Waals surface area (Å²) in [5.74, 6) is 0. The highest BCUT2D eigenvalue weighted by molar-refractivity contribution is 4.69. The first-order valence-corrected chi connectivity index (χ1v) is 4.57. The first kappa shape index (κ1) is 12.8. The van der Waals surface area contributed by atoms with Crippen molar-refractivity contribution in [3.05, 3.63) is 26.6 Å². The summed E-state index contributed by atoms with van der Waals surface area (Å²) in [6, 6.07) is -1.62. The van der Waals surface area contributed by atoms with Crippen LogP contribution in [-0.2, 0) is 0 Å². The Morgan fingerprint density at radius 2 is 1.71 bits per heavy atom. The van der Waals surface area contributed by atoms with Gasteiger partial charge in [0.15, 0.2) is 0 Å². The van der Waals surface area contributed by atoms with Crippen LogP contribution in [0.3, 0.4) is 0 Å². The van der Waals surface area contributed by atoms with Crippen molar-refractivity contribution in [3.63, 3.8) is 0 Å². The number of hydrogen-bond acceptors (Lipinski definition) is 4. The van der Waals surface area contributed by atoms with E-state index in [0.717, 1.165) is 0 Å². The average Bonchev–Trinajstić information content (AvgIpc) is 2.11. The van der Waals surface area contributed by atoms with Crippen LogP contribution in [0.4, 0.5) is 0 Å². The normalized spacial score (nSPS) is 14.7. The zero-order valence-corrected chi connectivity index (χ0v) is 8.38. The van der Waals surface area contributed by atoms with Gasteiger partial charge in [0, 0.05) is 22.7 Å². The van der Waals surface area contributed by atoms with E-state index in [9.17, 15) is 20.2 Å².